The van der Waals surface area contributed by atoms with Gasteiger partial charge in [0.15, 0.2) is 5.94 Å². The van der Waals surface area contributed by atoms with E-state index in [0.29, 0.717) is 5.70 Å². The van der Waals surface area contributed by atoms with Crippen molar-refractivity contribution in [2.75, 3.05) is 0 Å². The molecular weight excluding hydrogens is 256 g/mol. The van der Waals surface area contributed by atoms with E-state index in [9.17, 15) is 4.79 Å². The molecule has 1 atom stereocenters. The molecule has 0 aromatic heterocycles. The van der Waals surface area contributed by atoms with Crippen LogP contribution in [0, 0.1) is 0 Å². The Bertz CT molecular complexity index is 473. The Hall–Kier alpha value is -1.38. The second-order valence-corrected chi connectivity index (χ2v) is 4.61. The zero-order valence-electron chi connectivity index (χ0n) is 8.12. The maximum absolute atomic E-state index is 10.8. The van der Waals surface area contributed by atoms with Gasteiger partial charge in [-0.3, -0.25) is 0 Å². The second kappa shape index (κ2) is 4.01. The van der Waals surface area contributed by atoms with Gasteiger partial charge >= 0.3 is 0 Å². The molecular formula is C11H9BrN2O. The van der Waals surface area contributed by atoms with Crippen LogP contribution >= 0.6 is 15.9 Å². The fourth-order valence-corrected chi connectivity index (χ4v) is 1.62. The zero-order chi connectivity index (χ0) is 10.8. The van der Waals surface area contributed by atoms with Crippen molar-refractivity contribution in [3.63, 3.8) is 0 Å². The number of para-hydroxylation sites is 1. The van der Waals surface area contributed by atoms with Gasteiger partial charge in [0.2, 0.25) is 0 Å². The molecule has 1 aromatic rings. The molecule has 76 valence electrons. The molecule has 0 bridgehead atoms. The third-order valence-corrected chi connectivity index (χ3v) is 2.58. The maximum Gasteiger partial charge on any atom is 0.151 e. The number of amidine groups is 1. The highest BCUT2D eigenvalue weighted by Crippen LogP contribution is 2.28. The van der Waals surface area contributed by atoms with Crippen LogP contribution in [-0.4, -0.2) is 16.6 Å². The number of hydrogen-bond donors (Lipinski definition) is 1. The van der Waals surface area contributed by atoms with E-state index < -0.39 is 0 Å². The summed E-state index contributed by atoms with van der Waals surface area (Å²) in [7, 11) is 0. The molecule has 1 N–H and O–H groups in total. The third kappa shape index (κ3) is 1.87. The first kappa shape index (κ1) is 10.1. The minimum atomic E-state index is 0.0780. The van der Waals surface area contributed by atoms with Gasteiger partial charge in [-0.2, -0.15) is 0 Å². The van der Waals surface area contributed by atoms with Crippen LogP contribution < -0.4 is 5.32 Å². The van der Waals surface area contributed by atoms with Crippen LogP contribution in [0.25, 0.3) is 5.70 Å². The highest BCUT2D eigenvalue weighted by atomic mass is 79.9. The molecule has 1 heterocycles. The van der Waals surface area contributed by atoms with Gasteiger partial charge in [-0.1, -0.05) is 28.1 Å². The van der Waals surface area contributed by atoms with Gasteiger partial charge in [0.1, 0.15) is 11.5 Å². The molecule has 0 fully saturated rings. The zero-order valence-corrected chi connectivity index (χ0v) is 9.71. The van der Waals surface area contributed by atoms with Crippen LogP contribution in [-0.2, 0) is 4.79 Å². The molecule has 1 aliphatic rings. The predicted octanol–water partition coefficient (Wildman–Crippen LogP) is 2.28. The summed E-state index contributed by atoms with van der Waals surface area (Å²) in [6, 6.07) is 7.49. The van der Waals surface area contributed by atoms with Crippen molar-refractivity contribution in [1.82, 2.24) is 5.32 Å². The molecule has 2 rings (SSSR count). The molecule has 0 spiro atoms. The number of carbonyl (C=O) groups excluding carboxylic acids is 1. The SMILES string of the molecule is CC(Br)C1=Nc2ccccc2C(=C=O)N1. The number of nitrogens with one attached hydrogen (secondary N) is 1. The molecule has 1 aliphatic heterocycles. The fraction of sp³-hybridized carbons (Fsp3) is 0.182. The molecule has 0 saturated carbocycles. The van der Waals surface area contributed by atoms with Crippen LogP contribution in [0.1, 0.15) is 12.5 Å². The van der Waals surface area contributed by atoms with Crippen molar-refractivity contribution in [3.8, 4) is 0 Å². The lowest BCUT2D eigenvalue weighted by molar-refractivity contribution is 0.569. The molecule has 0 amide bonds. The Morgan fingerprint density at radius 2 is 2.20 bits per heavy atom. The number of alkyl halides is 1. The van der Waals surface area contributed by atoms with E-state index in [1.54, 1.807) is 0 Å². The first-order valence-electron chi connectivity index (χ1n) is 4.56. The molecule has 0 radical (unpaired) electrons. The Kier molecular flexibility index (Phi) is 2.71. The maximum atomic E-state index is 10.8. The summed E-state index contributed by atoms with van der Waals surface area (Å²) in [6.45, 7) is 1.95. The molecule has 1 aromatic carbocycles. The van der Waals surface area contributed by atoms with Crippen LogP contribution in [0.15, 0.2) is 29.3 Å². The van der Waals surface area contributed by atoms with Gasteiger partial charge in [0.05, 0.1) is 10.5 Å². The minimum Gasteiger partial charge on any atom is -0.333 e. The summed E-state index contributed by atoms with van der Waals surface area (Å²) >= 11 is 3.41. The van der Waals surface area contributed by atoms with E-state index in [-0.39, 0.29) is 4.83 Å². The molecule has 0 aliphatic carbocycles. The highest BCUT2D eigenvalue weighted by Gasteiger charge is 2.18. The van der Waals surface area contributed by atoms with E-state index in [1.165, 1.54) is 0 Å². The van der Waals surface area contributed by atoms with Crippen molar-refractivity contribution in [1.29, 1.82) is 0 Å². The van der Waals surface area contributed by atoms with Crippen LogP contribution in [0.5, 0.6) is 0 Å². The summed E-state index contributed by atoms with van der Waals surface area (Å²) in [6.07, 6.45) is 0. The third-order valence-electron chi connectivity index (χ3n) is 2.15. The Morgan fingerprint density at radius 3 is 2.87 bits per heavy atom. The number of hydrogen-bond acceptors (Lipinski definition) is 3. The number of rotatable bonds is 1. The van der Waals surface area contributed by atoms with Crippen molar-refractivity contribution >= 4 is 39.1 Å². The van der Waals surface area contributed by atoms with Gasteiger partial charge in [-0.15, -0.1) is 0 Å². The lowest BCUT2D eigenvalue weighted by atomic mass is 10.1. The van der Waals surface area contributed by atoms with Crippen LogP contribution in [0.4, 0.5) is 5.69 Å². The quantitative estimate of drug-likeness (QED) is 0.625. The van der Waals surface area contributed by atoms with Crippen molar-refractivity contribution in [2.45, 2.75) is 11.8 Å². The molecule has 3 nitrogen and oxygen atoms in total. The normalized spacial score (nSPS) is 15.9. The monoisotopic (exact) mass is 264 g/mol. The lowest BCUT2D eigenvalue weighted by Gasteiger charge is -2.19. The molecule has 15 heavy (non-hydrogen) atoms. The molecule has 4 heteroatoms. The van der Waals surface area contributed by atoms with Crippen LogP contribution in [0.3, 0.4) is 0 Å². The van der Waals surface area contributed by atoms with Gasteiger partial charge in [0, 0.05) is 5.56 Å². The van der Waals surface area contributed by atoms with E-state index >= 15 is 0 Å². The topological polar surface area (TPSA) is 41.5 Å². The van der Waals surface area contributed by atoms with E-state index in [0.717, 1.165) is 17.1 Å². The van der Waals surface area contributed by atoms with Gasteiger partial charge in [0.25, 0.3) is 0 Å². The van der Waals surface area contributed by atoms with Crippen molar-refractivity contribution in [2.24, 2.45) is 4.99 Å². The number of aliphatic imine (C=N–C) groups is 1. The first-order chi connectivity index (χ1) is 7.22. The van der Waals surface area contributed by atoms with E-state index in [1.807, 2.05) is 37.1 Å². The number of benzene rings is 1. The molecule has 0 saturated heterocycles. The summed E-state index contributed by atoms with van der Waals surface area (Å²) in [5.41, 5.74) is 2.04. The number of fused-ring (bicyclic) bond motifs is 1. The Balaban J connectivity index is 2.58. The van der Waals surface area contributed by atoms with Crippen molar-refractivity contribution < 1.29 is 4.79 Å². The van der Waals surface area contributed by atoms with Crippen molar-refractivity contribution in [3.05, 3.63) is 29.8 Å². The van der Waals surface area contributed by atoms with Gasteiger partial charge in [-0.05, 0) is 19.1 Å². The Morgan fingerprint density at radius 1 is 1.47 bits per heavy atom. The Labute approximate surface area is 96.0 Å². The number of nitrogens with zero attached hydrogens (tertiary/aromatic N) is 1. The van der Waals surface area contributed by atoms with Gasteiger partial charge in [-0.25, -0.2) is 9.79 Å². The van der Waals surface area contributed by atoms with Gasteiger partial charge < -0.3 is 5.32 Å². The smallest absolute Gasteiger partial charge is 0.151 e. The standard InChI is InChI=1S/C11H9BrN2O/c1-7(12)11-13-9-5-3-2-4-8(9)10(6-15)14-11/h2-5,7H,1H3,(H,13,14). The average Bonchev–Trinajstić information content (AvgIpc) is 2.27. The average molecular weight is 265 g/mol. The van der Waals surface area contributed by atoms with Crippen LogP contribution in [0.2, 0.25) is 0 Å². The predicted molar refractivity (Wildman–Crippen MR) is 64.2 cm³/mol. The highest BCUT2D eigenvalue weighted by molar-refractivity contribution is 9.10. The first-order valence-corrected chi connectivity index (χ1v) is 5.48. The lowest BCUT2D eigenvalue weighted by Crippen LogP contribution is -2.31. The largest absolute Gasteiger partial charge is 0.333 e. The summed E-state index contributed by atoms with van der Waals surface area (Å²) in [5.74, 6) is 2.63. The summed E-state index contributed by atoms with van der Waals surface area (Å²) < 4.78 is 0. The number of halogens is 1. The van der Waals surface area contributed by atoms with E-state index in [2.05, 4.69) is 26.2 Å². The van der Waals surface area contributed by atoms with E-state index in [4.69, 9.17) is 0 Å². The second-order valence-electron chi connectivity index (χ2n) is 3.23. The summed E-state index contributed by atoms with van der Waals surface area (Å²) in [5, 5.41) is 2.95. The minimum absolute atomic E-state index is 0.0780. The summed E-state index contributed by atoms with van der Waals surface area (Å²) in [4.78, 5) is 15.3. The molecule has 1 unspecified atom stereocenters. The fourth-order valence-electron chi connectivity index (χ4n) is 1.40.